The van der Waals surface area contributed by atoms with Crippen molar-refractivity contribution in [2.24, 2.45) is 0 Å². The number of hydrogen-bond donors (Lipinski definition) is 1. The molecule has 1 heterocycles. The number of aliphatic carboxylic acids is 1. The van der Waals surface area contributed by atoms with E-state index in [1.807, 2.05) is 12.1 Å². The number of ether oxygens (including phenoxy) is 2. The van der Waals surface area contributed by atoms with Gasteiger partial charge in [-0.05, 0) is 12.1 Å². The van der Waals surface area contributed by atoms with Crippen LogP contribution in [0.5, 0.6) is 5.75 Å². The van der Waals surface area contributed by atoms with Crippen molar-refractivity contribution in [3.05, 3.63) is 24.3 Å². The minimum Gasteiger partial charge on any atom is -0.497 e. The van der Waals surface area contributed by atoms with Crippen molar-refractivity contribution in [2.75, 3.05) is 57.9 Å². The first-order valence-electron chi connectivity index (χ1n) is 7.60. The molecule has 2 rings (SSSR count). The predicted octanol–water partition coefficient (Wildman–Crippen LogP) is 1.31. The van der Waals surface area contributed by atoms with Crippen LogP contribution in [0.1, 0.15) is 6.42 Å². The molecular formula is C16H24N2O4. The van der Waals surface area contributed by atoms with Gasteiger partial charge in [-0.15, -0.1) is 0 Å². The average molecular weight is 308 g/mol. The number of nitrogens with zero attached hydrogens (tertiary/aromatic N) is 2. The fourth-order valence-corrected chi connectivity index (χ4v) is 2.49. The molecule has 1 N–H and O–H groups in total. The van der Waals surface area contributed by atoms with Gasteiger partial charge >= 0.3 is 5.97 Å². The zero-order valence-corrected chi connectivity index (χ0v) is 13.0. The topological polar surface area (TPSA) is 62.2 Å². The van der Waals surface area contributed by atoms with Crippen molar-refractivity contribution in [2.45, 2.75) is 6.42 Å². The molecule has 0 aromatic heterocycles. The number of carboxylic acid groups (broad SMARTS) is 1. The highest BCUT2D eigenvalue weighted by Crippen LogP contribution is 2.21. The van der Waals surface area contributed by atoms with E-state index in [0.717, 1.165) is 38.5 Å². The van der Waals surface area contributed by atoms with E-state index in [9.17, 15) is 4.79 Å². The van der Waals surface area contributed by atoms with Crippen molar-refractivity contribution in [3.8, 4) is 5.75 Å². The van der Waals surface area contributed by atoms with Crippen LogP contribution >= 0.6 is 0 Å². The van der Waals surface area contributed by atoms with Gasteiger partial charge in [-0.1, -0.05) is 6.07 Å². The molecule has 6 heteroatoms. The first-order chi connectivity index (χ1) is 10.7. The van der Waals surface area contributed by atoms with Gasteiger partial charge in [-0.2, -0.15) is 0 Å². The van der Waals surface area contributed by atoms with Crippen LogP contribution in [0.15, 0.2) is 24.3 Å². The molecule has 122 valence electrons. The first kappa shape index (κ1) is 16.6. The molecule has 1 aromatic carbocycles. The normalized spacial score (nSPS) is 15.8. The fraction of sp³-hybridized carbons (Fsp3) is 0.562. The van der Waals surface area contributed by atoms with Gasteiger partial charge in [-0.3, -0.25) is 9.69 Å². The Morgan fingerprint density at radius 2 is 2.00 bits per heavy atom. The molecule has 0 amide bonds. The molecule has 0 spiro atoms. The van der Waals surface area contributed by atoms with Crippen LogP contribution in [0.4, 0.5) is 5.69 Å². The van der Waals surface area contributed by atoms with E-state index in [1.165, 1.54) is 5.69 Å². The SMILES string of the molecule is COc1cccc(N2CCN(CCOCCC(=O)O)CC2)c1. The Morgan fingerprint density at radius 3 is 2.68 bits per heavy atom. The van der Waals surface area contributed by atoms with Gasteiger partial charge in [0, 0.05) is 44.5 Å². The Kier molecular flexibility index (Phi) is 6.48. The smallest absolute Gasteiger partial charge is 0.305 e. The zero-order chi connectivity index (χ0) is 15.8. The summed E-state index contributed by atoms with van der Waals surface area (Å²) in [7, 11) is 1.68. The first-order valence-corrected chi connectivity index (χ1v) is 7.60. The lowest BCUT2D eigenvalue weighted by Crippen LogP contribution is -2.47. The summed E-state index contributed by atoms with van der Waals surface area (Å²) in [6, 6.07) is 8.13. The van der Waals surface area contributed by atoms with Crippen LogP contribution in [-0.4, -0.2) is 69.0 Å². The molecule has 22 heavy (non-hydrogen) atoms. The van der Waals surface area contributed by atoms with Gasteiger partial charge in [-0.25, -0.2) is 0 Å². The average Bonchev–Trinajstić information content (AvgIpc) is 2.55. The second-order valence-corrected chi connectivity index (χ2v) is 5.29. The number of benzene rings is 1. The van der Waals surface area contributed by atoms with Gasteiger partial charge in [0.2, 0.25) is 0 Å². The summed E-state index contributed by atoms with van der Waals surface area (Å²) in [5, 5.41) is 8.53. The molecule has 0 saturated carbocycles. The van der Waals surface area contributed by atoms with Gasteiger partial charge < -0.3 is 19.5 Å². The van der Waals surface area contributed by atoms with Crippen molar-refractivity contribution >= 4 is 11.7 Å². The standard InChI is InChI=1S/C16H24N2O4/c1-21-15-4-2-3-14(13-15)18-8-6-17(7-9-18)10-12-22-11-5-16(19)20/h2-4,13H,5-12H2,1H3,(H,19,20). The molecule has 0 unspecified atom stereocenters. The highest BCUT2D eigenvalue weighted by Gasteiger charge is 2.17. The molecule has 0 aliphatic carbocycles. The number of hydrogen-bond acceptors (Lipinski definition) is 5. The van der Waals surface area contributed by atoms with Gasteiger partial charge in [0.15, 0.2) is 0 Å². The minimum atomic E-state index is -0.813. The lowest BCUT2D eigenvalue weighted by Gasteiger charge is -2.36. The molecule has 1 aliphatic heterocycles. The molecule has 0 atom stereocenters. The third kappa shape index (κ3) is 5.20. The van der Waals surface area contributed by atoms with Crippen LogP contribution in [0.3, 0.4) is 0 Å². The molecule has 1 saturated heterocycles. The molecule has 1 fully saturated rings. The zero-order valence-electron chi connectivity index (χ0n) is 13.0. The Morgan fingerprint density at radius 1 is 1.23 bits per heavy atom. The molecule has 6 nitrogen and oxygen atoms in total. The van der Waals surface area contributed by atoms with Crippen molar-refractivity contribution in [3.63, 3.8) is 0 Å². The van der Waals surface area contributed by atoms with Gasteiger partial charge in [0.1, 0.15) is 5.75 Å². The number of anilines is 1. The summed E-state index contributed by atoms with van der Waals surface area (Å²) in [6.45, 7) is 5.65. The maximum absolute atomic E-state index is 10.4. The number of methoxy groups -OCH3 is 1. The van der Waals surface area contributed by atoms with E-state index in [-0.39, 0.29) is 6.42 Å². The summed E-state index contributed by atoms with van der Waals surface area (Å²) in [4.78, 5) is 15.1. The van der Waals surface area contributed by atoms with Crippen LogP contribution in [0, 0.1) is 0 Å². The lowest BCUT2D eigenvalue weighted by atomic mass is 10.2. The third-order valence-electron chi connectivity index (χ3n) is 3.80. The highest BCUT2D eigenvalue weighted by molar-refractivity contribution is 5.66. The van der Waals surface area contributed by atoms with E-state index in [4.69, 9.17) is 14.6 Å². The molecule has 1 aromatic rings. The quantitative estimate of drug-likeness (QED) is 0.731. The van der Waals surface area contributed by atoms with Crippen molar-refractivity contribution in [1.29, 1.82) is 0 Å². The summed E-state index contributed by atoms with van der Waals surface area (Å²) >= 11 is 0. The van der Waals surface area contributed by atoms with Crippen LogP contribution in [0.25, 0.3) is 0 Å². The van der Waals surface area contributed by atoms with Crippen molar-refractivity contribution in [1.82, 2.24) is 4.90 Å². The Labute approximate surface area is 131 Å². The number of carbonyl (C=O) groups is 1. The largest absolute Gasteiger partial charge is 0.497 e. The fourth-order valence-electron chi connectivity index (χ4n) is 2.49. The summed E-state index contributed by atoms with van der Waals surface area (Å²) in [5.74, 6) is 0.0682. The second-order valence-electron chi connectivity index (χ2n) is 5.29. The molecule has 0 radical (unpaired) electrons. The number of carboxylic acids is 1. The lowest BCUT2D eigenvalue weighted by molar-refractivity contribution is -0.138. The van der Waals surface area contributed by atoms with Gasteiger partial charge in [0.25, 0.3) is 0 Å². The molecular weight excluding hydrogens is 284 g/mol. The second kappa shape index (κ2) is 8.60. The minimum absolute atomic E-state index is 0.0730. The van der Waals surface area contributed by atoms with Crippen molar-refractivity contribution < 1.29 is 19.4 Å². The Bertz CT molecular complexity index is 473. The molecule has 1 aliphatic rings. The van der Waals surface area contributed by atoms with E-state index < -0.39 is 5.97 Å². The van der Waals surface area contributed by atoms with Crippen LogP contribution < -0.4 is 9.64 Å². The third-order valence-corrected chi connectivity index (χ3v) is 3.80. The van der Waals surface area contributed by atoms with Crippen LogP contribution in [0.2, 0.25) is 0 Å². The Hall–Kier alpha value is -1.79. The molecule has 0 bridgehead atoms. The summed E-state index contributed by atoms with van der Waals surface area (Å²) in [5.41, 5.74) is 1.19. The number of piperazine rings is 1. The van der Waals surface area contributed by atoms with E-state index in [2.05, 4.69) is 21.9 Å². The summed E-state index contributed by atoms with van der Waals surface area (Å²) in [6.07, 6.45) is 0.0730. The maximum atomic E-state index is 10.4. The number of rotatable bonds is 8. The van der Waals surface area contributed by atoms with Crippen LogP contribution in [-0.2, 0) is 9.53 Å². The Balaban J connectivity index is 1.68. The van der Waals surface area contributed by atoms with E-state index >= 15 is 0 Å². The van der Waals surface area contributed by atoms with Gasteiger partial charge in [0.05, 0.1) is 26.7 Å². The maximum Gasteiger partial charge on any atom is 0.305 e. The highest BCUT2D eigenvalue weighted by atomic mass is 16.5. The monoisotopic (exact) mass is 308 g/mol. The predicted molar refractivity (Wildman–Crippen MR) is 84.7 cm³/mol. The summed E-state index contributed by atoms with van der Waals surface area (Å²) < 4.78 is 10.6. The van der Waals surface area contributed by atoms with E-state index in [1.54, 1.807) is 7.11 Å². The van der Waals surface area contributed by atoms with E-state index in [0.29, 0.717) is 13.2 Å².